The first-order valence-electron chi connectivity index (χ1n) is 4.50. The molecule has 76 valence electrons. The van der Waals surface area contributed by atoms with E-state index in [1.165, 1.54) is 4.88 Å². The monoisotopic (exact) mass is 210 g/mol. The summed E-state index contributed by atoms with van der Waals surface area (Å²) in [6.07, 6.45) is 0. The van der Waals surface area contributed by atoms with Crippen molar-refractivity contribution in [2.45, 2.75) is 13.0 Å². The van der Waals surface area contributed by atoms with Crippen LogP contribution in [0.25, 0.3) is 10.4 Å². The molecule has 14 heavy (non-hydrogen) atoms. The van der Waals surface area contributed by atoms with Crippen LogP contribution in [0.1, 0.15) is 17.8 Å². The molecule has 0 aliphatic heterocycles. The van der Waals surface area contributed by atoms with Gasteiger partial charge < -0.3 is 0 Å². The van der Waals surface area contributed by atoms with E-state index in [2.05, 4.69) is 39.4 Å². The van der Waals surface area contributed by atoms with Crippen LogP contribution >= 0.6 is 11.3 Å². The molecule has 0 radical (unpaired) electrons. The lowest BCUT2D eigenvalue weighted by Crippen LogP contribution is -2.24. The number of nitrogens with zero attached hydrogens (tertiary/aromatic N) is 4. The highest BCUT2D eigenvalue weighted by Crippen LogP contribution is 2.22. The minimum absolute atomic E-state index is 0.392. The zero-order chi connectivity index (χ0) is 10.4. The van der Waals surface area contributed by atoms with Crippen LogP contribution in [0.15, 0.2) is 22.6 Å². The molecule has 0 aliphatic rings. The predicted molar refractivity (Wildman–Crippen MR) is 59.4 cm³/mol. The SMILES string of the molecule is CC(c1cccs1)N(C)CCN=[N+]=[N-]. The lowest BCUT2D eigenvalue weighted by atomic mass is 10.2. The average Bonchev–Trinajstić information content (AvgIpc) is 2.69. The van der Waals surface area contributed by atoms with Crippen molar-refractivity contribution in [1.29, 1.82) is 0 Å². The van der Waals surface area contributed by atoms with Crippen LogP contribution in [0, 0.1) is 0 Å². The van der Waals surface area contributed by atoms with Crippen molar-refractivity contribution in [2.24, 2.45) is 5.11 Å². The summed E-state index contributed by atoms with van der Waals surface area (Å²) in [7, 11) is 2.04. The summed E-state index contributed by atoms with van der Waals surface area (Å²) in [5.74, 6) is 0. The van der Waals surface area contributed by atoms with Gasteiger partial charge in [0.2, 0.25) is 0 Å². The van der Waals surface area contributed by atoms with E-state index in [1.807, 2.05) is 7.05 Å². The smallest absolute Gasteiger partial charge is 0.0410 e. The lowest BCUT2D eigenvalue weighted by molar-refractivity contribution is 0.272. The minimum Gasteiger partial charge on any atom is -0.299 e. The fourth-order valence-corrected chi connectivity index (χ4v) is 2.04. The molecule has 4 nitrogen and oxygen atoms in total. The molecule has 0 bridgehead atoms. The van der Waals surface area contributed by atoms with Gasteiger partial charge in [0, 0.05) is 28.9 Å². The van der Waals surface area contributed by atoms with Gasteiger partial charge >= 0.3 is 0 Å². The number of thiophene rings is 1. The van der Waals surface area contributed by atoms with Gasteiger partial charge in [-0.25, -0.2) is 0 Å². The minimum atomic E-state index is 0.392. The van der Waals surface area contributed by atoms with Crippen molar-refractivity contribution in [3.63, 3.8) is 0 Å². The maximum absolute atomic E-state index is 8.14. The molecule has 0 saturated carbocycles. The van der Waals surface area contributed by atoms with Gasteiger partial charge in [-0.15, -0.1) is 11.3 Å². The molecule has 1 atom stereocenters. The first kappa shape index (κ1) is 11.0. The summed E-state index contributed by atoms with van der Waals surface area (Å²) in [6.45, 7) is 3.48. The van der Waals surface area contributed by atoms with E-state index in [1.54, 1.807) is 11.3 Å². The van der Waals surface area contributed by atoms with Crippen LogP contribution in [0.3, 0.4) is 0 Å². The third-order valence-corrected chi connectivity index (χ3v) is 3.27. The topological polar surface area (TPSA) is 52.0 Å². The van der Waals surface area contributed by atoms with E-state index >= 15 is 0 Å². The largest absolute Gasteiger partial charge is 0.299 e. The van der Waals surface area contributed by atoms with Gasteiger partial charge in [0.05, 0.1) is 0 Å². The van der Waals surface area contributed by atoms with Gasteiger partial charge in [-0.2, -0.15) is 0 Å². The Bertz CT molecular complexity index is 303. The Hall–Kier alpha value is -1.03. The molecule has 0 N–H and O–H groups in total. The highest BCUT2D eigenvalue weighted by Gasteiger charge is 2.10. The molecule has 0 spiro atoms. The summed E-state index contributed by atoms with van der Waals surface area (Å²) in [5.41, 5.74) is 8.14. The molecular formula is C9H14N4S. The van der Waals surface area contributed by atoms with Crippen LogP contribution < -0.4 is 0 Å². The molecular weight excluding hydrogens is 196 g/mol. The highest BCUT2D eigenvalue weighted by atomic mass is 32.1. The lowest BCUT2D eigenvalue weighted by Gasteiger charge is -2.22. The van der Waals surface area contributed by atoms with Crippen molar-refractivity contribution in [3.05, 3.63) is 32.8 Å². The Kier molecular flexibility index (Phi) is 4.46. The fraction of sp³-hybridized carbons (Fsp3) is 0.556. The van der Waals surface area contributed by atoms with Crippen LogP contribution in [0.4, 0.5) is 0 Å². The van der Waals surface area contributed by atoms with Crippen LogP contribution in [0.5, 0.6) is 0 Å². The standard InChI is InChI=1S/C9H14N4S/c1-8(9-4-3-7-14-9)13(2)6-5-11-12-10/h3-4,7-8H,5-6H2,1-2H3. The molecule has 1 rings (SSSR count). The van der Waals surface area contributed by atoms with E-state index in [0.717, 1.165) is 6.54 Å². The molecule has 0 fully saturated rings. The van der Waals surface area contributed by atoms with E-state index in [4.69, 9.17) is 5.53 Å². The van der Waals surface area contributed by atoms with Gasteiger partial charge in [0.25, 0.3) is 0 Å². The number of hydrogen-bond acceptors (Lipinski definition) is 3. The van der Waals surface area contributed by atoms with Gasteiger partial charge in [0.1, 0.15) is 0 Å². The summed E-state index contributed by atoms with van der Waals surface area (Å²) in [4.78, 5) is 6.25. The van der Waals surface area contributed by atoms with Gasteiger partial charge in [-0.3, -0.25) is 4.90 Å². The highest BCUT2D eigenvalue weighted by molar-refractivity contribution is 7.10. The summed E-state index contributed by atoms with van der Waals surface area (Å²) in [5, 5.41) is 5.59. The van der Waals surface area contributed by atoms with Crippen molar-refractivity contribution in [2.75, 3.05) is 20.1 Å². The maximum atomic E-state index is 8.14. The van der Waals surface area contributed by atoms with Gasteiger partial charge in [0.15, 0.2) is 0 Å². The first-order chi connectivity index (χ1) is 6.75. The predicted octanol–water partition coefficient (Wildman–Crippen LogP) is 3.05. The fourth-order valence-electron chi connectivity index (χ4n) is 1.19. The summed E-state index contributed by atoms with van der Waals surface area (Å²) < 4.78 is 0. The Labute approximate surface area is 87.8 Å². The number of likely N-dealkylation sites (N-methyl/N-ethyl adjacent to an activating group) is 1. The number of rotatable bonds is 5. The Morgan fingerprint density at radius 3 is 3.07 bits per heavy atom. The third-order valence-electron chi connectivity index (χ3n) is 2.23. The van der Waals surface area contributed by atoms with E-state index in [-0.39, 0.29) is 0 Å². The van der Waals surface area contributed by atoms with Crippen LogP contribution in [-0.2, 0) is 0 Å². The van der Waals surface area contributed by atoms with E-state index in [9.17, 15) is 0 Å². The van der Waals surface area contributed by atoms with E-state index < -0.39 is 0 Å². The van der Waals surface area contributed by atoms with Crippen LogP contribution in [0.2, 0.25) is 0 Å². The second-order valence-electron chi connectivity index (χ2n) is 3.13. The molecule has 0 saturated heterocycles. The number of hydrogen-bond donors (Lipinski definition) is 0. The molecule has 1 aromatic rings. The quantitative estimate of drug-likeness (QED) is 0.418. The summed E-state index contributed by atoms with van der Waals surface area (Å²) >= 11 is 1.75. The molecule has 0 amide bonds. The molecule has 1 aromatic heterocycles. The normalized spacial score (nSPS) is 12.5. The zero-order valence-corrected chi connectivity index (χ0v) is 9.24. The second-order valence-corrected chi connectivity index (χ2v) is 4.11. The van der Waals surface area contributed by atoms with Gasteiger partial charge in [-0.05, 0) is 30.9 Å². The maximum Gasteiger partial charge on any atom is 0.0410 e. The van der Waals surface area contributed by atoms with Crippen molar-refractivity contribution < 1.29 is 0 Å². The second kappa shape index (κ2) is 5.65. The Morgan fingerprint density at radius 1 is 1.71 bits per heavy atom. The Balaban J connectivity index is 2.44. The van der Waals surface area contributed by atoms with Gasteiger partial charge in [-0.1, -0.05) is 11.2 Å². The van der Waals surface area contributed by atoms with Crippen molar-refractivity contribution >= 4 is 11.3 Å². The molecule has 1 unspecified atom stereocenters. The van der Waals surface area contributed by atoms with Crippen molar-refractivity contribution in [1.82, 2.24) is 4.90 Å². The number of azide groups is 1. The van der Waals surface area contributed by atoms with E-state index in [0.29, 0.717) is 12.6 Å². The Morgan fingerprint density at radius 2 is 2.50 bits per heavy atom. The molecule has 0 aromatic carbocycles. The van der Waals surface area contributed by atoms with Crippen molar-refractivity contribution in [3.8, 4) is 0 Å². The molecule has 0 aliphatic carbocycles. The third kappa shape index (κ3) is 3.03. The molecule has 1 heterocycles. The average molecular weight is 210 g/mol. The summed E-state index contributed by atoms with van der Waals surface area (Å²) in [6, 6.07) is 4.57. The zero-order valence-electron chi connectivity index (χ0n) is 8.42. The van der Waals surface area contributed by atoms with Crippen LogP contribution in [-0.4, -0.2) is 25.0 Å². The first-order valence-corrected chi connectivity index (χ1v) is 5.38. The molecule has 5 heteroatoms.